The summed E-state index contributed by atoms with van der Waals surface area (Å²) in [5.74, 6) is 2.14. The van der Waals surface area contributed by atoms with Crippen LogP contribution in [0.5, 0.6) is 5.75 Å². The van der Waals surface area contributed by atoms with Crippen LogP contribution in [0, 0.1) is 20.8 Å². The second-order valence-electron chi connectivity index (χ2n) is 5.32. The fourth-order valence-corrected chi connectivity index (χ4v) is 2.77. The van der Waals surface area contributed by atoms with Crippen LogP contribution in [-0.4, -0.2) is 18.8 Å². The van der Waals surface area contributed by atoms with Gasteiger partial charge in [-0.1, -0.05) is 12.1 Å². The molecular formula is C17H23NO3. The molecule has 0 spiro atoms. The van der Waals surface area contributed by atoms with E-state index in [4.69, 9.17) is 14.9 Å². The van der Waals surface area contributed by atoms with Gasteiger partial charge >= 0.3 is 0 Å². The van der Waals surface area contributed by atoms with E-state index in [1.165, 1.54) is 0 Å². The number of methoxy groups -OCH3 is 1. The number of ether oxygens (including phenoxy) is 1. The number of benzene rings is 1. The molecule has 0 amide bonds. The summed E-state index contributed by atoms with van der Waals surface area (Å²) in [6.07, 6.45) is -0.695. The lowest BCUT2D eigenvalue weighted by atomic mass is 9.87. The molecule has 0 fully saturated rings. The Balaban J connectivity index is 2.40. The standard InChI is InChI=1S/C17H23NO3/c1-10-11(2)21-12(3)16(10)17(19)15(9-18)13-6-5-7-14(8-13)20-4/h5-8,15,17,19H,9,18H2,1-4H3. The van der Waals surface area contributed by atoms with E-state index in [9.17, 15) is 5.11 Å². The molecule has 2 aromatic rings. The molecule has 0 aliphatic rings. The highest BCUT2D eigenvalue weighted by atomic mass is 16.5. The van der Waals surface area contributed by atoms with Crippen LogP contribution in [0.1, 0.15) is 40.2 Å². The SMILES string of the molecule is COc1cccc(C(CN)C(O)c2c(C)oc(C)c2C)c1. The molecule has 0 radical (unpaired) electrons. The second kappa shape index (κ2) is 6.33. The zero-order valence-corrected chi connectivity index (χ0v) is 13.0. The van der Waals surface area contributed by atoms with Gasteiger partial charge < -0.3 is 20.0 Å². The van der Waals surface area contributed by atoms with E-state index >= 15 is 0 Å². The fraction of sp³-hybridized carbons (Fsp3) is 0.412. The molecule has 0 aliphatic heterocycles. The third kappa shape index (κ3) is 2.96. The van der Waals surface area contributed by atoms with Gasteiger partial charge in [-0.3, -0.25) is 0 Å². The Morgan fingerprint density at radius 3 is 2.48 bits per heavy atom. The number of rotatable bonds is 5. The van der Waals surface area contributed by atoms with Gasteiger partial charge in [-0.05, 0) is 44.0 Å². The minimum Gasteiger partial charge on any atom is -0.497 e. The quantitative estimate of drug-likeness (QED) is 0.888. The highest BCUT2D eigenvalue weighted by Gasteiger charge is 2.27. The van der Waals surface area contributed by atoms with Crippen molar-refractivity contribution in [2.24, 2.45) is 5.73 Å². The summed E-state index contributed by atoms with van der Waals surface area (Å²) in [7, 11) is 1.63. The molecule has 114 valence electrons. The summed E-state index contributed by atoms with van der Waals surface area (Å²) >= 11 is 0. The summed E-state index contributed by atoms with van der Waals surface area (Å²) in [6, 6.07) is 7.66. The molecule has 3 N–H and O–H groups in total. The number of nitrogens with two attached hydrogens (primary N) is 1. The maximum absolute atomic E-state index is 10.8. The monoisotopic (exact) mass is 289 g/mol. The first kappa shape index (κ1) is 15.6. The second-order valence-corrected chi connectivity index (χ2v) is 5.32. The molecule has 1 aromatic carbocycles. The van der Waals surface area contributed by atoms with Crippen LogP contribution in [0.4, 0.5) is 0 Å². The molecule has 21 heavy (non-hydrogen) atoms. The molecule has 2 rings (SSSR count). The zero-order chi connectivity index (χ0) is 15.6. The van der Waals surface area contributed by atoms with Crippen LogP contribution in [-0.2, 0) is 0 Å². The number of furan rings is 1. The first-order valence-electron chi connectivity index (χ1n) is 7.08. The molecule has 2 atom stereocenters. The third-order valence-corrected chi connectivity index (χ3v) is 4.07. The van der Waals surface area contributed by atoms with E-state index < -0.39 is 6.10 Å². The van der Waals surface area contributed by atoms with Gasteiger partial charge in [-0.25, -0.2) is 0 Å². The predicted molar refractivity (Wildman–Crippen MR) is 82.7 cm³/mol. The van der Waals surface area contributed by atoms with Crippen molar-refractivity contribution in [1.82, 2.24) is 0 Å². The Bertz CT molecular complexity index is 618. The Hall–Kier alpha value is -1.78. The zero-order valence-electron chi connectivity index (χ0n) is 13.0. The minimum absolute atomic E-state index is 0.200. The van der Waals surface area contributed by atoms with Gasteiger partial charge in [0.1, 0.15) is 17.3 Å². The lowest BCUT2D eigenvalue weighted by Gasteiger charge is -2.23. The van der Waals surface area contributed by atoms with Gasteiger partial charge in [0.25, 0.3) is 0 Å². The average molecular weight is 289 g/mol. The normalized spacial score (nSPS) is 14.0. The summed E-state index contributed by atoms with van der Waals surface area (Å²) in [6.45, 7) is 6.08. The lowest BCUT2D eigenvalue weighted by molar-refractivity contribution is 0.145. The highest BCUT2D eigenvalue weighted by Crippen LogP contribution is 2.36. The van der Waals surface area contributed by atoms with E-state index in [0.29, 0.717) is 6.54 Å². The lowest BCUT2D eigenvalue weighted by Crippen LogP contribution is -2.21. The van der Waals surface area contributed by atoms with Crippen molar-refractivity contribution in [2.45, 2.75) is 32.8 Å². The summed E-state index contributed by atoms with van der Waals surface area (Å²) < 4.78 is 10.9. The maximum atomic E-state index is 10.8. The van der Waals surface area contributed by atoms with Crippen molar-refractivity contribution >= 4 is 0 Å². The highest BCUT2D eigenvalue weighted by molar-refractivity contribution is 5.38. The Labute approximate surface area is 125 Å². The van der Waals surface area contributed by atoms with E-state index in [0.717, 1.165) is 34.0 Å². The molecule has 2 unspecified atom stereocenters. The number of hydrogen-bond donors (Lipinski definition) is 2. The van der Waals surface area contributed by atoms with Crippen molar-refractivity contribution in [3.63, 3.8) is 0 Å². The van der Waals surface area contributed by atoms with Gasteiger partial charge in [0, 0.05) is 18.0 Å². The Morgan fingerprint density at radius 1 is 1.24 bits per heavy atom. The Morgan fingerprint density at radius 2 is 1.95 bits per heavy atom. The van der Waals surface area contributed by atoms with Crippen LogP contribution < -0.4 is 10.5 Å². The van der Waals surface area contributed by atoms with Crippen LogP contribution in [0.2, 0.25) is 0 Å². The van der Waals surface area contributed by atoms with Crippen molar-refractivity contribution in [3.05, 3.63) is 52.5 Å². The van der Waals surface area contributed by atoms with E-state index in [1.807, 2.05) is 45.0 Å². The van der Waals surface area contributed by atoms with Crippen LogP contribution in [0.25, 0.3) is 0 Å². The molecular weight excluding hydrogens is 266 g/mol. The molecule has 0 saturated carbocycles. The molecule has 1 heterocycles. The number of aliphatic hydroxyl groups is 1. The van der Waals surface area contributed by atoms with Gasteiger partial charge in [-0.15, -0.1) is 0 Å². The predicted octanol–water partition coefficient (Wildman–Crippen LogP) is 2.99. The van der Waals surface area contributed by atoms with Crippen LogP contribution >= 0.6 is 0 Å². The topological polar surface area (TPSA) is 68.6 Å². The Kier molecular flexibility index (Phi) is 4.70. The van der Waals surface area contributed by atoms with E-state index in [-0.39, 0.29) is 5.92 Å². The van der Waals surface area contributed by atoms with Crippen molar-refractivity contribution < 1.29 is 14.3 Å². The van der Waals surface area contributed by atoms with Crippen molar-refractivity contribution in [2.75, 3.05) is 13.7 Å². The average Bonchev–Trinajstić information content (AvgIpc) is 2.73. The van der Waals surface area contributed by atoms with Crippen molar-refractivity contribution in [3.8, 4) is 5.75 Å². The first-order chi connectivity index (χ1) is 9.99. The largest absolute Gasteiger partial charge is 0.497 e. The molecule has 0 bridgehead atoms. The molecule has 0 saturated heterocycles. The van der Waals surface area contributed by atoms with Gasteiger partial charge in [-0.2, -0.15) is 0 Å². The summed E-state index contributed by atoms with van der Waals surface area (Å²) in [4.78, 5) is 0. The maximum Gasteiger partial charge on any atom is 0.119 e. The molecule has 4 heteroatoms. The van der Waals surface area contributed by atoms with E-state index in [2.05, 4.69) is 0 Å². The smallest absolute Gasteiger partial charge is 0.119 e. The molecule has 0 aliphatic carbocycles. The van der Waals surface area contributed by atoms with E-state index in [1.54, 1.807) is 7.11 Å². The van der Waals surface area contributed by atoms with Crippen molar-refractivity contribution in [1.29, 1.82) is 0 Å². The number of hydrogen-bond acceptors (Lipinski definition) is 4. The minimum atomic E-state index is -0.695. The first-order valence-corrected chi connectivity index (χ1v) is 7.08. The van der Waals surface area contributed by atoms with Gasteiger partial charge in [0.15, 0.2) is 0 Å². The fourth-order valence-electron chi connectivity index (χ4n) is 2.77. The third-order valence-electron chi connectivity index (χ3n) is 4.07. The number of aryl methyl sites for hydroxylation is 2. The van der Waals surface area contributed by atoms with Gasteiger partial charge in [0.2, 0.25) is 0 Å². The summed E-state index contributed by atoms with van der Waals surface area (Å²) in [5.41, 5.74) is 8.70. The molecule has 1 aromatic heterocycles. The van der Waals surface area contributed by atoms with Crippen LogP contribution in [0.3, 0.4) is 0 Å². The molecule has 4 nitrogen and oxygen atoms in total. The van der Waals surface area contributed by atoms with Crippen LogP contribution in [0.15, 0.2) is 28.7 Å². The van der Waals surface area contributed by atoms with Gasteiger partial charge in [0.05, 0.1) is 13.2 Å². The number of aliphatic hydroxyl groups excluding tert-OH is 1. The summed E-state index contributed by atoms with van der Waals surface area (Å²) in [5, 5.41) is 10.8.